The number of aromatic nitrogens is 2. The highest BCUT2D eigenvalue weighted by molar-refractivity contribution is 7.98. The standard InChI is InChI=1S/C14H13FN4S/c1-19(9-10-3-5-12(15)6-4-10)13-11(7-16)8-17-14(18-13)20-2/h3-6,8H,9H2,1-2H3. The monoisotopic (exact) mass is 288 g/mol. The van der Waals surface area contributed by atoms with Crippen LogP contribution in [0.2, 0.25) is 0 Å². The highest BCUT2D eigenvalue weighted by atomic mass is 32.2. The molecule has 20 heavy (non-hydrogen) atoms. The van der Waals surface area contributed by atoms with Gasteiger partial charge in [0.25, 0.3) is 0 Å². The minimum atomic E-state index is -0.263. The van der Waals surface area contributed by atoms with Crippen LogP contribution in [-0.2, 0) is 6.54 Å². The molecule has 0 aliphatic carbocycles. The van der Waals surface area contributed by atoms with E-state index in [0.717, 1.165) is 5.56 Å². The third kappa shape index (κ3) is 3.25. The van der Waals surface area contributed by atoms with E-state index in [9.17, 15) is 4.39 Å². The van der Waals surface area contributed by atoms with Crippen LogP contribution in [0.4, 0.5) is 10.2 Å². The molecule has 6 heteroatoms. The molecular weight excluding hydrogens is 275 g/mol. The van der Waals surface area contributed by atoms with Gasteiger partial charge >= 0.3 is 0 Å². The van der Waals surface area contributed by atoms with Crippen molar-refractivity contribution in [2.75, 3.05) is 18.2 Å². The SMILES string of the molecule is CSc1ncc(C#N)c(N(C)Cc2ccc(F)cc2)n1. The van der Waals surface area contributed by atoms with Gasteiger partial charge in [-0.05, 0) is 24.0 Å². The molecule has 0 saturated heterocycles. The van der Waals surface area contributed by atoms with Crippen molar-refractivity contribution in [1.29, 1.82) is 5.26 Å². The van der Waals surface area contributed by atoms with Gasteiger partial charge in [-0.15, -0.1) is 0 Å². The first kappa shape index (κ1) is 14.3. The number of thioether (sulfide) groups is 1. The number of hydrogen-bond donors (Lipinski definition) is 0. The van der Waals surface area contributed by atoms with E-state index < -0.39 is 0 Å². The van der Waals surface area contributed by atoms with Gasteiger partial charge in [-0.2, -0.15) is 5.26 Å². The number of benzene rings is 1. The van der Waals surface area contributed by atoms with Crippen LogP contribution in [0.1, 0.15) is 11.1 Å². The Labute approximate surface area is 121 Å². The molecule has 0 atom stereocenters. The molecule has 102 valence electrons. The molecule has 0 saturated carbocycles. The van der Waals surface area contributed by atoms with Gasteiger partial charge in [-0.3, -0.25) is 0 Å². The lowest BCUT2D eigenvalue weighted by Crippen LogP contribution is -2.19. The zero-order valence-corrected chi connectivity index (χ0v) is 12.0. The second-order valence-electron chi connectivity index (χ2n) is 4.19. The van der Waals surface area contributed by atoms with Crippen LogP contribution < -0.4 is 4.90 Å². The lowest BCUT2D eigenvalue weighted by Gasteiger charge is -2.19. The van der Waals surface area contributed by atoms with E-state index in [2.05, 4.69) is 16.0 Å². The molecule has 0 aliphatic rings. The number of halogens is 1. The summed E-state index contributed by atoms with van der Waals surface area (Å²) >= 11 is 1.42. The lowest BCUT2D eigenvalue weighted by atomic mass is 10.2. The summed E-state index contributed by atoms with van der Waals surface area (Å²) in [4.78, 5) is 10.3. The maximum absolute atomic E-state index is 12.9. The van der Waals surface area contributed by atoms with Gasteiger partial charge in [0.2, 0.25) is 0 Å². The number of nitriles is 1. The lowest BCUT2D eigenvalue weighted by molar-refractivity contribution is 0.627. The van der Waals surface area contributed by atoms with E-state index in [0.29, 0.717) is 23.1 Å². The Kier molecular flexibility index (Phi) is 4.53. The van der Waals surface area contributed by atoms with E-state index >= 15 is 0 Å². The molecule has 0 aliphatic heterocycles. The first-order valence-electron chi connectivity index (χ1n) is 5.90. The maximum atomic E-state index is 12.9. The first-order chi connectivity index (χ1) is 9.63. The molecule has 0 radical (unpaired) electrons. The Morgan fingerprint density at radius 1 is 1.35 bits per heavy atom. The fourth-order valence-corrected chi connectivity index (χ4v) is 2.10. The van der Waals surface area contributed by atoms with E-state index in [1.807, 2.05) is 18.2 Å². The summed E-state index contributed by atoms with van der Waals surface area (Å²) in [7, 11) is 1.84. The van der Waals surface area contributed by atoms with Crippen molar-refractivity contribution in [3.05, 3.63) is 47.4 Å². The highest BCUT2D eigenvalue weighted by Crippen LogP contribution is 2.20. The van der Waals surface area contributed by atoms with Crippen LogP contribution in [0.15, 0.2) is 35.6 Å². The summed E-state index contributed by atoms with van der Waals surface area (Å²) in [5.74, 6) is 0.317. The quantitative estimate of drug-likeness (QED) is 0.639. The van der Waals surface area contributed by atoms with E-state index in [4.69, 9.17) is 5.26 Å². The number of anilines is 1. The second kappa shape index (κ2) is 6.35. The largest absolute Gasteiger partial charge is 0.354 e. The minimum Gasteiger partial charge on any atom is -0.354 e. The smallest absolute Gasteiger partial charge is 0.189 e. The van der Waals surface area contributed by atoms with Crippen molar-refractivity contribution in [2.45, 2.75) is 11.7 Å². The molecule has 0 spiro atoms. The number of nitrogens with zero attached hydrogens (tertiary/aromatic N) is 4. The van der Waals surface area contributed by atoms with Crippen molar-refractivity contribution < 1.29 is 4.39 Å². The summed E-state index contributed by atoms with van der Waals surface area (Å²) in [5, 5.41) is 9.74. The Hall–Kier alpha value is -2.13. The normalized spacial score (nSPS) is 10.1. The first-order valence-corrected chi connectivity index (χ1v) is 7.13. The number of hydrogen-bond acceptors (Lipinski definition) is 5. The van der Waals surface area contributed by atoms with Crippen LogP contribution in [-0.4, -0.2) is 23.3 Å². The molecule has 0 fully saturated rings. The van der Waals surface area contributed by atoms with Crippen molar-refractivity contribution in [3.8, 4) is 6.07 Å². The fourth-order valence-electron chi connectivity index (χ4n) is 1.76. The molecule has 1 aromatic carbocycles. The van der Waals surface area contributed by atoms with Crippen molar-refractivity contribution in [1.82, 2.24) is 9.97 Å². The van der Waals surface area contributed by atoms with Crippen molar-refractivity contribution in [2.24, 2.45) is 0 Å². The minimum absolute atomic E-state index is 0.263. The highest BCUT2D eigenvalue weighted by Gasteiger charge is 2.11. The molecular formula is C14H13FN4S. The fraction of sp³-hybridized carbons (Fsp3) is 0.214. The Balaban J connectivity index is 2.26. The third-order valence-electron chi connectivity index (χ3n) is 2.74. The van der Waals surface area contributed by atoms with Crippen LogP contribution in [0.25, 0.3) is 0 Å². The van der Waals surface area contributed by atoms with Crippen LogP contribution in [0, 0.1) is 17.1 Å². The van der Waals surface area contributed by atoms with Crippen molar-refractivity contribution in [3.63, 3.8) is 0 Å². The topological polar surface area (TPSA) is 52.8 Å². The van der Waals surface area contributed by atoms with Gasteiger partial charge < -0.3 is 4.90 Å². The maximum Gasteiger partial charge on any atom is 0.189 e. The van der Waals surface area contributed by atoms with Gasteiger partial charge in [-0.1, -0.05) is 23.9 Å². The van der Waals surface area contributed by atoms with Crippen molar-refractivity contribution >= 4 is 17.6 Å². The summed E-state index contributed by atoms with van der Waals surface area (Å²) in [6.07, 6.45) is 3.40. The zero-order chi connectivity index (χ0) is 14.5. The summed E-state index contributed by atoms with van der Waals surface area (Å²) < 4.78 is 12.9. The molecule has 0 bridgehead atoms. The van der Waals surface area contributed by atoms with E-state index in [1.165, 1.54) is 30.1 Å². The molecule has 0 unspecified atom stereocenters. The summed E-state index contributed by atoms with van der Waals surface area (Å²) in [6, 6.07) is 8.36. The van der Waals surface area contributed by atoms with Crippen LogP contribution >= 0.6 is 11.8 Å². The molecule has 0 amide bonds. The second-order valence-corrected chi connectivity index (χ2v) is 4.96. The van der Waals surface area contributed by atoms with E-state index in [1.54, 1.807) is 12.1 Å². The molecule has 2 rings (SSSR count). The Morgan fingerprint density at radius 3 is 2.65 bits per heavy atom. The van der Waals surface area contributed by atoms with Gasteiger partial charge in [0.05, 0.1) is 6.20 Å². The Bertz CT molecular complexity index is 637. The van der Waals surface area contributed by atoms with Crippen LogP contribution in [0.3, 0.4) is 0 Å². The average molecular weight is 288 g/mol. The molecule has 2 aromatic rings. The average Bonchev–Trinajstić information content (AvgIpc) is 2.48. The van der Waals surface area contributed by atoms with Gasteiger partial charge in [-0.25, -0.2) is 14.4 Å². The Morgan fingerprint density at radius 2 is 2.05 bits per heavy atom. The third-order valence-corrected chi connectivity index (χ3v) is 3.31. The van der Waals surface area contributed by atoms with Gasteiger partial charge in [0.1, 0.15) is 17.4 Å². The molecule has 4 nitrogen and oxygen atoms in total. The predicted molar refractivity (Wildman–Crippen MR) is 77.0 cm³/mol. The molecule has 0 N–H and O–H groups in total. The van der Waals surface area contributed by atoms with Gasteiger partial charge in [0, 0.05) is 13.6 Å². The summed E-state index contributed by atoms with van der Waals surface area (Å²) in [5.41, 5.74) is 1.37. The van der Waals surface area contributed by atoms with Crippen LogP contribution in [0.5, 0.6) is 0 Å². The molecule has 1 aromatic heterocycles. The molecule has 1 heterocycles. The number of rotatable bonds is 4. The zero-order valence-electron chi connectivity index (χ0n) is 11.2. The van der Waals surface area contributed by atoms with Gasteiger partial charge in [0.15, 0.2) is 11.0 Å². The van der Waals surface area contributed by atoms with E-state index in [-0.39, 0.29) is 5.82 Å². The summed E-state index contributed by atoms with van der Waals surface area (Å²) in [6.45, 7) is 0.541. The predicted octanol–water partition coefficient (Wildman–Crippen LogP) is 2.85.